The molecule has 0 amide bonds. The van der Waals surface area contributed by atoms with Crippen LogP contribution in [0.5, 0.6) is 0 Å². The normalized spacial score (nSPS) is 21.6. The molecule has 0 aliphatic heterocycles. The van der Waals surface area contributed by atoms with E-state index in [0.717, 1.165) is 24.3 Å². The molecule has 0 radical (unpaired) electrons. The van der Waals surface area contributed by atoms with Crippen molar-refractivity contribution in [1.82, 2.24) is 0 Å². The number of methoxy groups -OCH3 is 1. The fraction of sp³-hybridized carbons (Fsp3) is 0.714. The Labute approximate surface area is 143 Å². The molecule has 23 heavy (non-hydrogen) atoms. The maximum absolute atomic E-state index is 5.30. The predicted molar refractivity (Wildman–Crippen MR) is 99.8 cm³/mol. The molecule has 2 atom stereocenters. The van der Waals surface area contributed by atoms with Crippen LogP contribution in [0, 0.1) is 17.8 Å². The first-order valence-corrected chi connectivity index (χ1v) is 9.49. The van der Waals surface area contributed by atoms with Crippen LogP contribution in [0.4, 0.5) is 5.69 Å². The summed E-state index contributed by atoms with van der Waals surface area (Å²) in [6, 6.07) is 8.53. The Morgan fingerprint density at radius 1 is 1.17 bits per heavy atom. The number of benzene rings is 1. The SMILES string of the molecule is COCc1ccccc1NCC1CCCC(CCCC(C)C)C1. The minimum atomic E-state index is 0.686. The Bertz CT molecular complexity index is 443. The van der Waals surface area contributed by atoms with E-state index in [4.69, 9.17) is 4.74 Å². The van der Waals surface area contributed by atoms with Gasteiger partial charge < -0.3 is 10.1 Å². The first kappa shape index (κ1) is 18.3. The predicted octanol–water partition coefficient (Wildman–Crippen LogP) is 5.88. The lowest BCUT2D eigenvalue weighted by Gasteiger charge is -2.30. The highest BCUT2D eigenvalue weighted by atomic mass is 16.5. The van der Waals surface area contributed by atoms with E-state index in [-0.39, 0.29) is 0 Å². The molecule has 1 saturated carbocycles. The van der Waals surface area contributed by atoms with E-state index in [1.54, 1.807) is 7.11 Å². The van der Waals surface area contributed by atoms with Crippen molar-refractivity contribution in [2.24, 2.45) is 17.8 Å². The second-order valence-electron chi connectivity index (χ2n) is 7.69. The summed E-state index contributed by atoms with van der Waals surface area (Å²) < 4.78 is 5.30. The maximum atomic E-state index is 5.30. The third-order valence-electron chi connectivity index (χ3n) is 5.18. The molecule has 0 heterocycles. The molecule has 2 nitrogen and oxygen atoms in total. The summed E-state index contributed by atoms with van der Waals surface area (Å²) in [4.78, 5) is 0. The van der Waals surface area contributed by atoms with Gasteiger partial charge in [0, 0.05) is 24.9 Å². The van der Waals surface area contributed by atoms with Crippen molar-refractivity contribution in [3.63, 3.8) is 0 Å². The lowest BCUT2D eigenvalue weighted by atomic mass is 9.79. The zero-order valence-electron chi connectivity index (χ0n) is 15.3. The summed E-state index contributed by atoms with van der Waals surface area (Å²) in [5.74, 6) is 2.65. The van der Waals surface area contributed by atoms with Crippen LogP contribution in [0.1, 0.15) is 64.4 Å². The number of nitrogens with one attached hydrogen (secondary N) is 1. The average Bonchev–Trinajstić information content (AvgIpc) is 2.54. The molecule has 2 rings (SSSR count). The van der Waals surface area contributed by atoms with E-state index >= 15 is 0 Å². The molecule has 1 aromatic carbocycles. The Morgan fingerprint density at radius 2 is 1.96 bits per heavy atom. The van der Waals surface area contributed by atoms with Crippen LogP contribution in [-0.4, -0.2) is 13.7 Å². The first-order chi connectivity index (χ1) is 11.2. The standard InChI is InChI=1S/C21H35NO/c1-17(2)8-6-9-18-10-7-11-19(14-18)15-22-21-13-5-4-12-20(21)16-23-3/h4-5,12-13,17-19,22H,6-11,14-16H2,1-3H3. The van der Waals surface area contributed by atoms with Gasteiger partial charge in [-0.3, -0.25) is 0 Å². The van der Waals surface area contributed by atoms with Crippen molar-refractivity contribution in [3.8, 4) is 0 Å². The van der Waals surface area contributed by atoms with E-state index in [9.17, 15) is 0 Å². The number of para-hydroxylation sites is 1. The quantitative estimate of drug-likeness (QED) is 0.614. The lowest BCUT2D eigenvalue weighted by Crippen LogP contribution is -2.22. The summed E-state index contributed by atoms with van der Waals surface area (Å²) in [6.45, 7) is 6.48. The van der Waals surface area contributed by atoms with Crippen molar-refractivity contribution >= 4 is 5.69 Å². The van der Waals surface area contributed by atoms with E-state index in [1.165, 1.54) is 56.2 Å². The van der Waals surface area contributed by atoms with Gasteiger partial charge in [0.15, 0.2) is 0 Å². The maximum Gasteiger partial charge on any atom is 0.0733 e. The fourth-order valence-electron chi connectivity index (χ4n) is 3.89. The first-order valence-electron chi connectivity index (χ1n) is 9.49. The summed E-state index contributed by atoms with van der Waals surface area (Å²) in [5, 5.41) is 3.68. The second kappa shape index (κ2) is 9.97. The number of rotatable bonds is 9. The van der Waals surface area contributed by atoms with Crippen molar-refractivity contribution in [1.29, 1.82) is 0 Å². The Morgan fingerprint density at radius 3 is 2.74 bits per heavy atom. The molecule has 2 unspecified atom stereocenters. The van der Waals surface area contributed by atoms with E-state index in [0.29, 0.717) is 6.61 Å². The van der Waals surface area contributed by atoms with Crippen molar-refractivity contribution in [2.75, 3.05) is 19.0 Å². The zero-order valence-corrected chi connectivity index (χ0v) is 15.3. The van der Waals surface area contributed by atoms with Gasteiger partial charge >= 0.3 is 0 Å². The lowest BCUT2D eigenvalue weighted by molar-refractivity contribution is 0.185. The number of ether oxygens (including phenoxy) is 1. The van der Waals surface area contributed by atoms with E-state index in [2.05, 4.69) is 43.4 Å². The molecule has 130 valence electrons. The third-order valence-corrected chi connectivity index (χ3v) is 5.18. The molecular weight excluding hydrogens is 282 g/mol. The summed E-state index contributed by atoms with van der Waals surface area (Å²) >= 11 is 0. The van der Waals surface area contributed by atoms with Crippen molar-refractivity contribution < 1.29 is 4.74 Å². The molecule has 2 heteroatoms. The van der Waals surface area contributed by atoms with Gasteiger partial charge in [0.25, 0.3) is 0 Å². The highest BCUT2D eigenvalue weighted by Crippen LogP contribution is 2.33. The van der Waals surface area contributed by atoms with Gasteiger partial charge in [-0.05, 0) is 36.7 Å². The summed E-state index contributed by atoms with van der Waals surface area (Å²) in [6.07, 6.45) is 9.92. The number of hydrogen-bond acceptors (Lipinski definition) is 2. The highest BCUT2D eigenvalue weighted by molar-refractivity contribution is 5.50. The molecule has 0 aromatic heterocycles. The zero-order chi connectivity index (χ0) is 16.5. The van der Waals surface area contributed by atoms with E-state index in [1.807, 2.05) is 0 Å². The summed E-state index contributed by atoms with van der Waals surface area (Å²) in [7, 11) is 1.76. The Balaban J connectivity index is 1.77. The third kappa shape index (κ3) is 6.55. The molecule has 1 aliphatic rings. The molecule has 0 spiro atoms. The van der Waals surface area contributed by atoms with Crippen molar-refractivity contribution in [3.05, 3.63) is 29.8 Å². The van der Waals surface area contributed by atoms with Gasteiger partial charge in [0.05, 0.1) is 6.61 Å². The molecule has 1 aliphatic carbocycles. The average molecular weight is 318 g/mol. The second-order valence-corrected chi connectivity index (χ2v) is 7.69. The van der Waals surface area contributed by atoms with Crippen LogP contribution < -0.4 is 5.32 Å². The largest absolute Gasteiger partial charge is 0.384 e. The molecule has 1 aromatic rings. The Hall–Kier alpha value is -1.02. The van der Waals surface area contributed by atoms with Crippen LogP contribution in [0.15, 0.2) is 24.3 Å². The minimum Gasteiger partial charge on any atom is -0.384 e. The Kier molecular flexibility index (Phi) is 7.94. The van der Waals surface area contributed by atoms with Crippen LogP contribution in [0.25, 0.3) is 0 Å². The van der Waals surface area contributed by atoms with Gasteiger partial charge in [-0.15, -0.1) is 0 Å². The van der Waals surface area contributed by atoms with Gasteiger partial charge in [-0.2, -0.15) is 0 Å². The molecule has 0 saturated heterocycles. The number of hydrogen-bond donors (Lipinski definition) is 1. The highest BCUT2D eigenvalue weighted by Gasteiger charge is 2.21. The molecule has 1 N–H and O–H groups in total. The van der Waals surface area contributed by atoms with Crippen LogP contribution in [0.3, 0.4) is 0 Å². The topological polar surface area (TPSA) is 21.3 Å². The number of anilines is 1. The fourth-order valence-corrected chi connectivity index (χ4v) is 3.89. The van der Waals surface area contributed by atoms with Crippen LogP contribution in [0.2, 0.25) is 0 Å². The minimum absolute atomic E-state index is 0.686. The molecular formula is C21H35NO. The van der Waals surface area contributed by atoms with Crippen LogP contribution in [-0.2, 0) is 11.3 Å². The molecule has 1 fully saturated rings. The van der Waals surface area contributed by atoms with Crippen molar-refractivity contribution in [2.45, 2.75) is 65.4 Å². The van der Waals surface area contributed by atoms with Gasteiger partial charge in [-0.25, -0.2) is 0 Å². The monoisotopic (exact) mass is 317 g/mol. The van der Waals surface area contributed by atoms with E-state index < -0.39 is 0 Å². The van der Waals surface area contributed by atoms with Gasteiger partial charge in [0.1, 0.15) is 0 Å². The van der Waals surface area contributed by atoms with Gasteiger partial charge in [-0.1, -0.05) is 64.2 Å². The summed E-state index contributed by atoms with van der Waals surface area (Å²) in [5.41, 5.74) is 2.51. The molecule has 0 bridgehead atoms. The smallest absolute Gasteiger partial charge is 0.0733 e. The van der Waals surface area contributed by atoms with Gasteiger partial charge in [0.2, 0.25) is 0 Å². The van der Waals surface area contributed by atoms with Crippen LogP contribution >= 0.6 is 0 Å².